The number of nitrogens with zero attached hydrogens (tertiary/aromatic N) is 1. The van der Waals surface area contributed by atoms with E-state index >= 15 is 0 Å². The lowest BCUT2D eigenvalue weighted by molar-refractivity contribution is -0.125. The number of carbonyl (C=O) groups is 1. The third-order valence-electron chi connectivity index (χ3n) is 3.63. The molecule has 0 bridgehead atoms. The van der Waals surface area contributed by atoms with Gasteiger partial charge in [0, 0.05) is 6.42 Å². The highest BCUT2D eigenvalue weighted by atomic mass is 16.7. The van der Waals surface area contributed by atoms with Gasteiger partial charge in [-0.15, -0.1) is 0 Å². The van der Waals surface area contributed by atoms with E-state index in [1.54, 1.807) is 0 Å². The highest BCUT2D eigenvalue weighted by Crippen LogP contribution is 2.42. The molecule has 0 aromatic heterocycles. The quantitative estimate of drug-likeness (QED) is 0.797. The molecule has 2 atom stereocenters. The second-order valence-corrected chi connectivity index (χ2v) is 5.31. The van der Waals surface area contributed by atoms with Crippen LogP contribution in [0.2, 0.25) is 0 Å². The molecule has 1 aliphatic heterocycles. The first-order chi connectivity index (χ1) is 9.72. The second-order valence-electron chi connectivity index (χ2n) is 5.31. The third kappa shape index (κ3) is 2.32. The summed E-state index contributed by atoms with van der Waals surface area (Å²) >= 11 is 0. The Bertz CT molecular complexity index is 535. The predicted octanol–water partition coefficient (Wildman–Crippen LogP) is 3.53. The van der Waals surface area contributed by atoms with Crippen LogP contribution in [0.3, 0.4) is 0 Å². The fourth-order valence-electron chi connectivity index (χ4n) is 2.60. The Kier molecular flexibility index (Phi) is 3.28. The van der Waals surface area contributed by atoms with Gasteiger partial charge in [0.1, 0.15) is 0 Å². The van der Waals surface area contributed by atoms with Crippen LogP contribution in [-0.2, 0) is 9.63 Å². The van der Waals surface area contributed by atoms with Gasteiger partial charge < -0.3 is 4.79 Å². The van der Waals surface area contributed by atoms with Gasteiger partial charge in [-0.3, -0.25) is 4.84 Å². The van der Waals surface area contributed by atoms with Crippen molar-refractivity contribution in [1.82, 2.24) is 0 Å². The van der Waals surface area contributed by atoms with Gasteiger partial charge in [-0.05, 0) is 24.6 Å². The van der Waals surface area contributed by atoms with E-state index in [0.29, 0.717) is 6.42 Å². The molecule has 3 rings (SSSR count). The van der Waals surface area contributed by atoms with E-state index in [-0.39, 0.29) is 6.04 Å². The molecule has 0 spiro atoms. The molecule has 1 saturated heterocycles. The molecule has 0 N–H and O–H groups in total. The van der Waals surface area contributed by atoms with Crippen LogP contribution in [0.5, 0.6) is 0 Å². The number of benzene rings is 2. The molecular weight excluding hydrogens is 250 g/mol. The number of para-hydroxylation sites is 1. The Morgan fingerprint density at radius 3 is 2.30 bits per heavy atom. The van der Waals surface area contributed by atoms with Gasteiger partial charge in [0.25, 0.3) is 0 Å². The van der Waals surface area contributed by atoms with Crippen molar-refractivity contribution in [2.45, 2.75) is 25.0 Å². The molecule has 102 valence electrons. The highest BCUT2D eigenvalue weighted by molar-refractivity contribution is 5.64. The lowest BCUT2D eigenvalue weighted by atomic mass is 9.95. The molecule has 2 aromatic rings. The molecule has 3 nitrogen and oxygen atoms in total. The number of hydroxylamine groups is 1. The summed E-state index contributed by atoms with van der Waals surface area (Å²) in [5, 5.41) is 1.85. The van der Waals surface area contributed by atoms with Gasteiger partial charge in [0.2, 0.25) is 0 Å². The van der Waals surface area contributed by atoms with E-state index in [4.69, 9.17) is 4.84 Å². The van der Waals surface area contributed by atoms with Crippen LogP contribution in [0.15, 0.2) is 60.7 Å². The zero-order chi connectivity index (χ0) is 14.0. The third-order valence-corrected chi connectivity index (χ3v) is 3.63. The van der Waals surface area contributed by atoms with E-state index in [1.807, 2.05) is 60.5 Å². The normalized spacial score (nSPS) is 25.6. The van der Waals surface area contributed by atoms with E-state index in [1.165, 1.54) is 0 Å². The molecular formula is C17H17NO2. The number of carbonyl (C=O) groups excluding carboxylic acids is 1. The molecule has 1 aliphatic rings. The largest absolute Gasteiger partial charge is 0.300 e. The Balaban J connectivity index is 1.99. The van der Waals surface area contributed by atoms with Crippen molar-refractivity contribution in [2.24, 2.45) is 0 Å². The predicted molar refractivity (Wildman–Crippen MR) is 78.3 cm³/mol. The Hall–Kier alpha value is -2.13. The van der Waals surface area contributed by atoms with Crippen molar-refractivity contribution in [3.05, 3.63) is 66.2 Å². The summed E-state index contributed by atoms with van der Waals surface area (Å²) in [7, 11) is 0. The number of hydrogen-bond acceptors (Lipinski definition) is 3. The topological polar surface area (TPSA) is 29.5 Å². The van der Waals surface area contributed by atoms with Crippen LogP contribution in [0, 0.1) is 0 Å². The summed E-state index contributed by atoms with van der Waals surface area (Å²) in [6.07, 6.45) is 1.54. The van der Waals surface area contributed by atoms with Crippen molar-refractivity contribution in [2.75, 3.05) is 5.06 Å². The van der Waals surface area contributed by atoms with Crippen LogP contribution in [0.25, 0.3) is 0 Å². The maximum atomic E-state index is 11.3. The summed E-state index contributed by atoms with van der Waals surface area (Å²) in [5.74, 6) is 0. The molecule has 0 unspecified atom stereocenters. The average molecular weight is 267 g/mol. The molecule has 1 heterocycles. The van der Waals surface area contributed by atoms with E-state index in [2.05, 4.69) is 12.1 Å². The minimum atomic E-state index is -0.768. The molecule has 1 fully saturated rings. The minimum absolute atomic E-state index is 0.0498. The van der Waals surface area contributed by atoms with Crippen LogP contribution in [-0.4, -0.2) is 11.9 Å². The average Bonchev–Trinajstić information content (AvgIpc) is 2.88. The van der Waals surface area contributed by atoms with Gasteiger partial charge in [0.05, 0.1) is 11.7 Å². The monoisotopic (exact) mass is 267 g/mol. The summed E-state index contributed by atoms with van der Waals surface area (Å²) in [5.41, 5.74) is 1.35. The molecule has 2 aromatic carbocycles. The molecule has 0 saturated carbocycles. The van der Waals surface area contributed by atoms with Crippen LogP contribution in [0.4, 0.5) is 5.69 Å². The van der Waals surface area contributed by atoms with Gasteiger partial charge >= 0.3 is 0 Å². The summed E-state index contributed by atoms with van der Waals surface area (Å²) in [6, 6.07) is 20.1. The number of hydrogen-bond donors (Lipinski definition) is 0. The van der Waals surface area contributed by atoms with E-state index in [0.717, 1.165) is 17.5 Å². The van der Waals surface area contributed by atoms with Crippen molar-refractivity contribution in [3.63, 3.8) is 0 Å². The minimum Gasteiger partial charge on any atom is -0.300 e. The van der Waals surface area contributed by atoms with Gasteiger partial charge in [-0.2, -0.15) is 0 Å². The van der Waals surface area contributed by atoms with Crippen molar-refractivity contribution >= 4 is 12.0 Å². The van der Waals surface area contributed by atoms with Gasteiger partial charge in [-0.1, -0.05) is 48.5 Å². The van der Waals surface area contributed by atoms with Gasteiger partial charge in [0.15, 0.2) is 11.9 Å². The molecule has 0 amide bonds. The fourth-order valence-corrected chi connectivity index (χ4v) is 2.60. The lowest BCUT2D eigenvalue weighted by Gasteiger charge is -2.25. The summed E-state index contributed by atoms with van der Waals surface area (Å²) < 4.78 is 0. The van der Waals surface area contributed by atoms with Crippen LogP contribution >= 0.6 is 0 Å². The molecule has 0 aliphatic carbocycles. The first kappa shape index (κ1) is 12.9. The second kappa shape index (κ2) is 5.10. The fraction of sp³-hybridized carbons (Fsp3) is 0.235. The van der Waals surface area contributed by atoms with Crippen LogP contribution < -0.4 is 5.06 Å². The smallest absolute Gasteiger partial charge is 0.154 e. The Labute approximate surface area is 118 Å². The maximum Gasteiger partial charge on any atom is 0.154 e. The molecule has 20 heavy (non-hydrogen) atoms. The Morgan fingerprint density at radius 1 is 1.10 bits per heavy atom. The van der Waals surface area contributed by atoms with Gasteiger partial charge in [-0.25, -0.2) is 5.06 Å². The van der Waals surface area contributed by atoms with Crippen molar-refractivity contribution < 1.29 is 9.63 Å². The Morgan fingerprint density at radius 2 is 1.70 bits per heavy atom. The first-order valence-corrected chi connectivity index (χ1v) is 6.76. The zero-order valence-corrected chi connectivity index (χ0v) is 11.4. The number of aldehydes is 1. The van der Waals surface area contributed by atoms with Crippen LogP contribution in [0.1, 0.15) is 24.9 Å². The number of rotatable bonds is 3. The SMILES string of the molecule is C[C@@]1(C=O)C[C@@H](c2ccccc2)N(c2ccccc2)O1. The van der Waals surface area contributed by atoms with Crippen molar-refractivity contribution in [3.8, 4) is 0 Å². The molecule has 0 radical (unpaired) electrons. The van der Waals surface area contributed by atoms with Crippen molar-refractivity contribution in [1.29, 1.82) is 0 Å². The summed E-state index contributed by atoms with van der Waals surface area (Å²) in [4.78, 5) is 17.2. The maximum absolute atomic E-state index is 11.3. The number of anilines is 1. The first-order valence-electron chi connectivity index (χ1n) is 6.76. The summed E-state index contributed by atoms with van der Waals surface area (Å²) in [6.45, 7) is 1.83. The van der Waals surface area contributed by atoms with E-state index < -0.39 is 5.60 Å². The highest BCUT2D eigenvalue weighted by Gasteiger charge is 2.43. The zero-order valence-electron chi connectivity index (χ0n) is 11.4. The standard InChI is InChI=1S/C17H17NO2/c1-17(13-19)12-16(14-8-4-2-5-9-14)18(20-17)15-10-6-3-7-11-15/h2-11,13,16H,12H2,1H3/t16-,17-/m0/s1. The molecule has 3 heteroatoms. The van der Waals surface area contributed by atoms with E-state index in [9.17, 15) is 4.79 Å². The lowest BCUT2D eigenvalue weighted by Crippen LogP contribution is -2.28.